The average Bonchev–Trinajstić information content (AvgIpc) is 2.67. The molecule has 0 bridgehead atoms. The third-order valence-corrected chi connectivity index (χ3v) is 4.61. The number of nitro groups is 1. The minimum absolute atomic E-state index is 0.0220. The quantitative estimate of drug-likeness (QED) is 0.308. The summed E-state index contributed by atoms with van der Waals surface area (Å²) in [5.74, 6) is -0.441. The zero-order valence-electron chi connectivity index (χ0n) is 14.8. The van der Waals surface area contributed by atoms with E-state index in [1.807, 2.05) is 43.5 Å². The Morgan fingerprint density at radius 2 is 2.00 bits per heavy atom. The van der Waals surface area contributed by atoms with Crippen LogP contribution in [0.1, 0.15) is 35.4 Å². The Labute approximate surface area is 157 Å². The fraction of sp³-hybridized carbons (Fsp3) is 0.316. The number of hydrogen-bond acceptors (Lipinski definition) is 5. The topological polar surface area (TPSA) is 81.5 Å². The maximum atomic E-state index is 12.3. The van der Waals surface area contributed by atoms with Crippen molar-refractivity contribution in [2.45, 2.75) is 24.3 Å². The van der Waals surface area contributed by atoms with Crippen molar-refractivity contribution < 1.29 is 14.5 Å². The predicted octanol–water partition coefficient (Wildman–Crippen LogP) is 4.21. The molecular weight excluding hydrogens is 352 g/mol. The lowest BCUT2D eigenvalue weighted by Crippen LogP contribution is -2.26. The van der Waals surface area contributed by atoms with Gasteiger partial charge in [-0.25, -0.2) is 0 Å². The Kier molecular flexibility index (Phi) is 7.62. The van der Waals surface area contributed by atoms with Crippen LogP contribution in [-0.4, -0.2) is 30.2 Å². The highest BCUT2D eigenvalue weighted by Gasteiger charge is 2.20. The van der Waals surface area contributed by atoms with Crippen LogP contribution in [0.3, 0.4) is 0 Å². The second-order valence-electron chi connectivity index (χ2n) is 5.67. The molecule has 0 saturated carbocycles. The number of benzene rings is 2. The number of ether oxygens (including phenoxy) is 1. The van der Waals surface area contributed by atoms with E-state index in [9.17, 15) is 14.9 Å². The fourth-order valence-electron chi connectivity index (χ4n) is 2.43. The molecule has 0 aliphatic carbocycles. The van der Waals surface area contributed by atoms with Crippen molar-refractivity contribution >= 4 is 23.4 Å². The summed E-state index contributed by atoms with van der Waals surface area (Å²) in [5.41, 5.74) is 0.996. The molecule has 0 aromatic heterocycles. The number of rotatable bonds is 9. The minimum Gasteiger partial charge on any atom is -0.374 e. The van der Waals surface area contributed by atoms with E-state index in [2.05, 4.69) is 5.32 Å². The molecule has 1 amide bonds. The van der Waals surface area contributed by atoms with Crippen molar-refractivity contribution in [3.63, 3.8) is 0 Å². The summed E-state index contributed by atoms with van der Waals surface area (Å²) in [6.07, 6.45) is 2.46. The van der Waals surface area contributed by atoms with Crippen molar-refractivity contribution in [3.8, 4) is 0 Å². The van der Waals surface area contributed by atoms with Crippen LogP contribution in [0.15, 0.2) is 53.4 Å². The molecule has 6 nitrogen and oxygen atoms in total. The van der Waals surface area contributed by atoms with Gasteiger partial charge in [-0.2, -0.15) is 0 Å². The summed E-state index contributed by atoms with van der Waals surface area (Å²) in [6, 6.07) is 14.4. The molecule has 2 aromatic carbocycles. The van der Waals surface area contributed by atoms with Crippen molar-refractivity contribution in [2.75, 3.05) is 19.4 Å². The Balaban J connectivity index is 1.83. The normalized spacial score (nSPS) is 11.8. The van der Waals surface area contributed by atoms with E-state index in [1.54, 1.807) is 12.1 Å². The van der Waals surface area contributed by atoms with Crippen LogP contribution in [0.2, 0.25) is 0 Å². The minimum atomic E-state index is -0.538. The molecular formula is C19H22N2O4S. The van der Waals surface area contributed by atoms with Gasteiger partial charge in [0, 0.05) is 24.1 Å². The Morgan fingerprint density at radius 1 is 1.27 bits per heavy atom. The van der Waals surface area contributed by atoms with Gasteiger partial charge in [0.1, 0.15) is 5.56 Å². The van der Waals surface area contributed by atoms with Crippen LogP contribution >= 0.6 is 11.8 Å². The molecule has 138 valence electrons. The Hall–Kier alpha value is -2.38. The van der Waals surface area contributed by atoms with Crippen LogP contribution < -0.4 is 5.32 Å². The number of nitro benzene ring substituents is 1. The molecule has 26 heavy (non-hydrogen) atoms. The van der Waals surface area contributed by atoms with E-state index in [0.717, 1.165) is 10.5 Å². The summed E-state index contributed by atoms with van der Waals surface area (Å²) in [7, 11) is 0. The highest BCUT2D eigenvalue weighted by molar-refractivity contribution is 7.98. The maximum absolute atomic E-state index is 12.3. The summed E-state index contributed by atoms with van der Waals surface area (Å²) >= 11 is 1.43. The lowest BCUT2D eigenvalue weighted by atomic mass is 10.1. The van der Waals surface area contributed by atoms with E-state index >= 15 is 0 Å². The summed E-state index contributed by atoms with van der Waals surface area (Å²) < 4.78 is 5.75. The largest absolute Gasteiger partial charge is 0.374 e. The fourth-order valence-corrected chi connectivity index (χ4v) is 2.87. The van der Waals surface area contributed by atoms with E-state index in [1.165, 1.54) is 17.8 Å². The molecule has 0 spiro atoms. The third-order valence-electron chi connectivity index (χ3n) is 3.89. The molecule has 0 aliphatic rings. The molecule has 0 radical (unpaired) electrons. The number of thioether (sulfide) groups is 1. The monoisotopic (exact) mass is 374 g/mol. The van der Waals surface area contributed by atoms with Crippen LogP contribution in [-0.2, 0) is 4.74 Å². The molecule has 2 aromatic rings. The highest BCUT2D eigenvalue weighted by Crippen LogP contribution is 2.24. The molecule has 1 atom stereocenters. The van der Waals surface area contributed by atoms with Gasteiger partial charge in [0.25, 0.3) is 11.6 Å². The van der Waals surface area contributed by atoms with Gasteiger partial charge in [0.05, 0.1) is 11.0 Å². The first-order valence-corrected chi connectivity index (χ1v) is 9.52. The first kappa shape index (κ1) is 19.9. The first-order chi connectivity index (χ1) is 12.5. The van der Waals surface area contributed by atoms with Crippen LogP contribution in [0.5, 0.6) is 0 Å². The number of amides is 1. The van der Waals surface area contributed by atoms with Crippen LogP contribution in [0.4, 0.5) is 5.69 Å². The maximum Gasteiger partial charge on any atom is 0.282 e. The van der Waals surface area contributed by atoms with E-state index in [0.29, 0.717) is 19.6 Å². The van der Waals surface area contributed by atoms with E-state index in [4.69, 9.17) is 4.74 Å². The molecule has 1 unspecified atom stereocenters. The smallest absolute Gasteiger partial charge is 0.282 e. The zero-order chi connectivity index (χ0) is 18.9. The van der Waals surface area contributed by atoms with E-state index in [-0.39, 0.29) is 17.4 Å². The molecule has 2 rings (SSSR count). The van der Waals surface area contributed by atoms with Gasteiger partial charge in [-0.15, -0.1) is 11.8 Å². The number of nitrogens with one attached hydrogen (secondary N) is 1. The van der Waals surface area contributed by atoms with Gasteiger partial charge in [0.2, 0.25) is 0 Å². The molecule has 0 fully saturated rings. The molecule has 7 heteroatoms. The predicted molar refractivity (Wildman–Crippen MR) is 103 cm³/mol. The Morgan fingerprint density at radius 3 is 2.65 bits per heavy atom. The van der Waals surface area contributed by atoms with Crippen LogP contribution in [0, 0.1) is 10.1 Å². The van der Waals surface area contributed by atoms with Gasteiger partial charge < -0.3 is 10.1 Å². The number of carbonyl (C=O) groups excluding carboxylic acids is 1. The zero-order valence-corrected chi connectivity index (χ0v) is 15.6. The SMILES string of the molecule is CSc1ccc([N+](=O)[O-])c(C(=O)NCCCOC(C)c2ccccc2)c1. The second kappa shape index (κ2) is 9.94. The lowest BCUT2D eigenvalue weighted by molar-refractivity contribution is -0.385. The van der Waals surface area contributed by atoms with Gasteiger partial charge in [0.15, 0.2) is 0 Å². The van der Waals surface area contributed by atoms with Crippen LogP contribution in [0.25, 0.3) is 0 Å². The van der Waals surface area contributed by atoms with Crippen molar-refractivity contribution in [1.82, 2.24) is 5.32 Å². The standard InChI is InChI=1S/C19H22N2O4S/c1-14(15-7-4-3-5-8-15)25-12-6-11-20-19(22)17-13-16(26-2)9-10-18(17)21(23)24/h3-5,7-10,13-14H,6,11-12H2,1-2H3,(H,20,22). The van der Waals surface area contributed by atoms with Gasteiger partial charge in [-0.3, -0.25) is 14.9 Å². The lowest BCUT2D eigenvalue weighted by Gasteiger charge is -2.13. The number of hydrogen-bond donors (Lipinski definition) is 1. The van der Waals surface area contributed by atoms with Crippen molar-refractivity contribution in [2.24, 2.45) is 0 Å². The van der Waals surface area contributed by atoms with Crippen molar-refractivity contribution in [3.05, 3.63) is 69.8 Å². The summed E-state index contributed by atoms with van der Waals surface area (Å²) in [5, 5.41) is 13.8. The molecule has 0 saturated heterocycles. The van der Waals surface area contributed by atoms with E-state index < -0.39 is 10.8 Å². The van der Waals surface area contributed by atoms with Gasteiger partial charge >= 0.3 is 0 Å². The molecule has 0 aliphatic heterocycles. The third kappa shape index (κ3) is 5.57. The number of carbonyl (C=O) groups is 1. The molecule has 0 heterocycles. The second-order valence-corrected chi connectivity index (χ2v) is 6.55. The summed E-state index contributed by atoms with van der Waals surface area (Å²) in [6.45, 7) is 2.86. The van der Waals surface area contributed by atoms with Gasteiger partial charge in [-0.1, -0.05) is 30.3 Å². The average molecular weight is 374 g/mol. The molecule has 1 N–H and O–H groups in total. The number of nitrogens with zero attached hydrogens (tertiary/aromatic N) is 1. The highest BCUT2D eigenvalue weighted by atomic mass is 32.2. The van der Waals surface area contributed by atoms with Gasteiger partial charge in [-0.05, 0) is 37.3 Å². The summed E-state index contributed by atoms with van der Waals surface area (Å²) in [4.78, 5) is 23.7. The Bertz CT molecular complexity index is 752. The van der Waals surface area contributed by atoms with Crippen molar-refractivity contribution in [1.29, 1.82) is 0 Å². The first-order valence-electron chi connectivity index (χ1n) is 8.30.